The first kappa shape index (κ1) is 22.2. The number of hydrogen-bond donors (Lipinski definition) is 1. The van der Waals surface area contributed by atoms with Crippen LogP contribution in [0.4, 0.5) is 14.5 Å². The number of aryl methyl sites for hydroxylation is 1. The van der Waals surface area contributed by atoms with E-state index in [2.05, 4.69) is 25.1 Å². The summed E-state index contributed by atoms with van der Waals surface area (Å²) < 4.78 is 29.4. The molecule has 0 amide bonds. The molecule has 2 aromatic carbocycles. The Bertz CT molecular complexity index is 1090. The van der Waals surface area contributed by atoms with Gasteiger partial charge in [0, 0.05) is 23.2 Å². The second-order valence-corrected chi connectivity index (χ2v) is 6.85. The fraction of sp³-hybridized carbons (Fsp3) is 0.238. The van der Waals surface area contributed by atoms with E-state index in [0.717, 1.165) is 16.8 Å². The number of halogens is 3. The number of nitriles is 1. The zero-order valence-electron chi connectivity index (χ0n) is 16.8. The summed E-state index contributed by atoms with van der Waals surface area (Å²) in [6.07, 6.45) is 1.83. The molecule has 0 unspecified atom stereocenters. The fourth-order valence-corrected chi connectivity index (χ4v) is 3.05. The Morgan fingerprint density at radius 2 is 2.16 bits per heavy atom. The van der Waals surface area contributed by atoms with E-state index in [-0.39, 0.29) is 18.3 Å². The largest absolute Gasteiger partial charge is 0.435 e. The van der Waals surface area contributed by atoms with Crippen LogP contribution in [-0.2, 0) is 0 Å². The lowest BCUT2D eigenvalue weighted by molar-refractivity contribution is -0.0498. The van der Waals surface area contributed by atoms with E-state index >= 15 is 0 Å². The maximum atomic E-state index is 12.5. The molecule has 0 saturated carbocycles. The third-order valence-corrected chi connectivity index (χ3v) is 4.69. The Kier molecular flexibility index (Phi) is 7.15. The smallest absolute Gasteiger partial charge is 0.387 e. The first-order chi connectivity index (χ1) is 14.9. The standard InChI is InChI=1S/C21H19ClF2N6O/c1-3-26-18-11-30(29-19(18)14-7-8-17(22)13(2)9-14)21(27-12-25)28-15-5-4-6-16(10-15)31-20(23)24/h4-10,20H,3,11H2,1-2H3,(H,27,28). The highest BCUT2D eigenvalue weighted by atomic mass is 35.5. The molecule has 3 rings (SSSR count). The number of rotatable bonds is 5. The van der Waals surface area contributed by atoms with Gasteiger partial charge in [-0.1, -0.05) is 23.7 Å². The summed E-state index contributed by atoms with van der Waals surface area (Å²) in [6, 6.07) is 11.4. The second-order valence-electron chi connectivity index (χ2n) is 6.44. The third-order valence-electron chi connectivity index (χ3n) is 4.26. The van der Waals surface area contributed by atoms with E-state index in [1.54, 1.807) is 12.1 Å². The minimum atomic E-state index is -2.95. The number of nitrogens with zero attached hydrogens (tertiary/aromatic N) is 5. The van der Waals surface area contributed by atoms with Crippen molar-refractivity contribution in [1.29, 1.82) is 5.26 Å². The molecule has 7 nitrogen and oxygen atoms in total. The summed E-state index contributed by atoms with van der Waals surface area (Å²) in [7, 11) is 0. The molecule has 10 heteroatoms. The van der Waals surface area contributed by atoms with Gasteiger partial charge in [0.25, 0.3) is 0 Å². The number of alkyl halides is 2. The van der Waals surface area contributed by atoms with E-state index in [1.165, 1.54) is 23.2 Å². The molecule has 2 aromatic rings. The van der Waals surface area contributed by atoms with Crippen molar-refractivity contribution >= 4 is 34.7 Å². The van der Waals surface area contributed by atoms with Gasteiger partial charge in [-0.2, -0.15) is 19.1 Å². The van der Waals surface area contributed by atoms with Crippen molar-refractivity contribution in [1.82, 2.24) is 10.3 Å². The number of hydrazone groups is 1. The first-order valence-corrected chi connectivity index (χ1v) is 9.74. The van der Waals surface area contributed by atoms with Gasteiger partial charge in [-0.25, -0.2) is 10.0 Å². The van der Waals surface area contributed by atoms with Gasteiger partial charge in [-0.05, 0) is 43.7 Å². The lowest BCUT2D eigenvalue weighted by Gasteiger charge is -2.14. The van der Waals surface area contributed by atoms with E-state index in [0.29, 0.717) is 23.0 Å². The Morgan fingerprint density at radius 1 is 1.35 bits per heavy atom. The molecule has 1 aliphatic rings. The zero-order chi connectivity index (χ0) is 22.4. The summed E-state index contributed by atoms with van der Waals surface area (Å²) in [4.78, 5) is 8.88. The normalized spacial score (nSPS) is 15.3. The molecule has 1 aliphatic heterocycles. The Balaban J connectivity index is 1.98. The van der Waals surface area contributed by atoms with Crippen LogP contribution in [0.15, 0.2) is 57.6 Å². The summed E-state index contributed by atoms with van der Waals surface area (Å²) in [5.41, 5.74) is 3.42. The molecule has 0 bridgehead atoms. The lowest BCUT2D eigenvalue weighted by Crippen LogP contribution is -2.35. The average molecular weight is 445 g/mol. The fourth-order valence-electron chi connectivity index (χ4n) is 2.94. The van der Waals surface area contributed by atoms with Crippen LogP contribution < -0.4 is 10.1 Å². The van der Waals surface area contributed by atoms with E-state index in [9.17, 15) is 14.0 Å². The number of ether oxygens (including phenoxy) is 1. The highest BCUT2D eigenvalue weighted by molar-refractivity contribution is 6.50. The lowest BCUT2D eigenvalue weighted by atomic mass is 10.0. The molecule has 0 aliphatic carbocycles. The number of guanidine groups is 1. The topological polar surface area (TPSA) is 85.4 Å². The number of hydrogen-bond acceptors (Lipinski definition) is 5. The van der Waals surface area contributed by atoms with Gasteiger partial charge in [0.2, 0.25) is 5.96 Å². The van der Waals surface area contributed by atoms with E-state index < -0.39 is 6.61 Å². The third kappa shape index (κ3) is 5.55. The van der Waals surface area contributed by atoms with Crippen LogP contribution in [0.25, 0.3) is 0 Å². The predicted molar refractivity (Wildman–Crippen MR) is 116 cm³/mol. The summed E-state index contributed by atoms with van der Waals surface area (Å²) in [5, 5.41) is 18.4. The summed E-state index contributed by atoms with van der Waals surface area (Å²) in [5.74, 6) is 0.0872. The molecule has 0 fully saturated rings. The molecule has 1 N–H and O–H groups in total. The van der Waals surface area contributed by atoms with Crippen molar-refractivity contribution in [2.45, 2.75) is 20.5 Å². The van der Waals surface area contributed by atoms with Crippen molar-refractivity contribution in [2.24, 2.45) is 15.1 Å². The Hall–Kier alpha value is -3.51. The predicted octanol–water partition coefficient (Wildman–Crippen LogP) is 4.49. The van der Waals surface area contributed by atoms with Crippen molar-refractivity contribution in [3.05, 3.63) is 58.6 Å². The molecular formula is C21H19ClF2N6O. The van der Waals surface area contributed by atoms with Crippen molar-refractivity contribution in [3.8, 4) is 11.9 Å². The van der Waals surface area contributed by atoms with Gasteiger partial charge >= 0.3 is 6.61 Å². The monoisotopic (exact) mass is 444 g/mol. The maximum Gasteiger partial charge on any atom is 0.387 e. The summed E-state index contributed by atoms with van der Waals surface area (Å²) >= 11 is 6.14. The van der Waals surface area contributed by atoms with Crippen LogP contribution in [0, 0.1) is 18.4 Å². The van der Waals surface area contributed by atoms with Crippen LogP contribution in [0.2, 0.25) is 5.02 Å². The Labute approximate surface area is 183 Å². The highest BCUT2D eigenvalue weighted by Crippen LogP contribution is 2.23. The molecule has 160 valence electrons. The SMILES string of the molecule is CCN=C1CN(C(=Nc2cccc(OC(F)F)c2)NC#N)N=C1c1ccc(Cl)c(C)c1. The molecule has 0 radical (unpaired) electrons. The molecule has 1 heterocycles. The Morgan fingerprint density at radius 3 is 2.84 bits per heavy atom. The van der Waals surface area contributed by atoms with Gasteiger partial charge < -0.3 is 4.74 Å². The number of nitrogens with one attached hydrogen (secondary N) is 1. The minimum Gasteiger partial charge on any atom is -0.435 e. The van der Waals surface area contributed by atoms with Crippen LogP contribution in [0.5, 0.6) is 5.75 Å². The quantitative estimate of drug-likeness (QED) is 0.318. The van der Waals surface area contributed by atoms with Gasteiger partial charge in [0.15, 0.2) is 6.19 Å². The molecule has 0 aromatic heterocycles. The van der Waals surface area contributed by atoms with Gasteiger partial charge in [-0.3, -0.25) is 10.3 Å². The van der Waals surface area contributed by atoms with Crippen molar-refractivity contribution < 1.29 is 13.5 Å². The van der Waals surface area contributed by atoms with Crippen LogP contribution in [-0.4, -0.2) is 42.1 Å². The van der Waals surface area contributed by atoms with Crippen LogP contribution in [0.1, 0.15) is 18.1 Å². The minimum absolute atomic E-state index is 0.0388. The van der Waals surface area contributed by atoms with Gasteiger partial charge in [-0.15, -0.1) is 0 Å². The molecular weight excluding hydrogens is 426 g/mol. The van der Waals surface area contributed by atoms with Gasteiger partial charge in [0.05, 0.1) is 17.9 Å². The van der Waals surface area contributed by atoms with Gasteiger partial charge in [0.1, 0.15) is 11.5 Å². The molecule has 0 spiro atoms. The number of benzene rings is 2. The first-order valence-electron chi connectivity index (χ1n) is 9.36. The molecule has 0 atom stereocenters. The zero-order valence-corrected chi connectivity index (χ0v) is 17.6. The molecule has 31 heavy (non-hydrogen) atoms. The molecule has 0 saturated heterocycles. The van der Waals surface area contributed by atoms with E-state index in [4.69, 9.17) is 11.6 Å². The van der Waals surface area contributed by atoms with Crippen LogP contribution >= 0.6 is 11.6 Å². The summed E-state index contributed by atoms with van der Waals surface area (Å²) in [6.45, 7) is 1.70. The second kappa shape index (κ2) is 10.00. The van der Waals surface area contributed by atoms with E-state index in [1.807, 2.05) is 32.2 Å². The number of aliphatic imine (C=N–C) groups is 2. The van der Waals surface area contributed by atoms with Crippen LogP contribution in [0.3, 0.4) is 0 Å². The average Bonchev–Trinajstić information content (AvgIpc) is 3.14. The highest BCUT2D eigenvalue weighted by Gasteiger charge is 2.26. The van der Waals surface area contributed by atoms with Crippen molar-refractivity contribution in [2.75, 3.05) is 13.1 Å². The maximum absolute atomic E-state index is 12.5. The van der Waals surface area contributed by atoms with Crippen molar-refractivity contribution in [3.63, 3.8) is 0 Å².